The zero-order valence-electron chi connectivity index (χ0n) is 48.1. The number of nitrogens with one attached hydrogen (secondary N) is 4. The first kappa shape index (κ1) is 59.5. The van der Waals surface area contributed by atoms with E-state index >= 15 is 0 Å². The van der Waals surface area contributed by atoms with E-state index in [1.54, 1.807) is 24.3 Å². The second-order valence-electron chi connectivity index (χ2n) is 21.4. The summed E-state index contributed by atoms with van der Waals surface area (Å²) in [7, 11) is 0. The van der Waals surface area contributed by atoms with Crippen molar-refractivity contribution in [3.05, 3.63) is 184 Å². The maximum atomic E-state index is 14.9. The Morgan fingerprint density at radius 2 is 0.975 bits per heavy atom. The van der Waals surface area contributed by atoms with E-state index in [4.69, 9.17) is 0 Å². The highest BCUT2D eigenvalue weighted by Crippen LogP contribution is 2.44. The number of ketones is 1. The topological polar surface area (TPSA) is 163 Å². The fraction of sp³-hybridized carbons (Fsp3) is 0.353. The van der Waals surface area contributed by atoms with Gasteiger partial charge in [-0.15, -0.1) is 0 Å². The predicted octanol–water partition coefficient (Wildman–Crippen LogP) is 13.1. The number of allylic oxidation sites excluding steroid dienone is 5. The van der Waals surface area contributed by atoms with Crippen molar-refractivity contribution in [2.45, 2.75) is 132 Å². The average molecular weight is 1080 g/mol. The van der Waals surface area contributed by atoms with Crippen LogP contribution in [0.5, 0.6) is 0 Å². The summed E-state index contributed by atoms with van der Waals surface area (Å²) in [5.74, 6) is -1.79. The van der Waals surface area contributed by atoms with Gasteiger partial charge in [0.15, 0.2) is 5.78 Å². The van der Waals surface area contributed by atoms with Gasteiger partial charge in [0, 0.05) is 115 Å². The van der Waals surface area contributed by atoms with Gasteiger partial charge in [-0.05, 0) is 94.8 Å². The molecule has 418 valence electrons. The number of benzene rings is 5. The van der Waals surface area contributed by atoms with Crippen molar-refractivity contribution in [3.63, 3.8) is 0 Å². The Morgan fingerprint density at radius 3 is 1.43 bits per heavy atom. The fourth-order valence-corrected chi connectivity index (χ4v) is 10.00. The van der Waals surface area contributed by atoms with E-state index in [1.165, 1.54) is 0 Å². The quantitative estimate of drug-likeness (QED) is 0.0316. The summed E-state index contributed by atoms with van der Waals surface area (Å²) in [6.07, 6.45) is 13.1. The van der Waals surface area contributed by atoms with Crippen LogP contribution in [-0.4, -0.2) is 48.2 Å². The van der Waals surface area contributed by atoms with Gasteiger partial charge in [-0.1, -0.05) is 149 Å². The van der Waals surface area contributed by atoms with Crippen LogP contribution in [0.25, 0.3) is 5.57 Å². The van der Waals surface area contributed by atoms with Gasteiger partial charge in [0.1, 0.15) is 0 Å². The van der Waals surface area contributed by atoms with E-state index in [0.717, 1.165) is 96.4 Å². The lowest BCUT2D eigenvalue weighted by Crippen LogP contribution is -2.35. The summed E-state index contributed by atoms with van der Waals surface area (Å²) in [6.45, 7) is 17.7. The van der Waals surface area contributed by atoms with Crippen LogP contribution in [0.4, 0.5) is 34.1 Å². The van der Waals surface area contributed by atoms with Crippen LogP contribution in [0.15, 0.2) is 156 Å². The Balaban J connectivity index is 1.28. The molecule has 0 saturated carbocycles. The van der Waals surface area contributed by atoms with Crippen LogP contribution in [0.2, 0.25) is 0 Å². The largest absolute Gasteiger partial charge is 0.871 e. The second-order valence-corrected chi connectivity index (χ2v) is 21.4. The molecule has 5 aromatic rings. The third kappa shape index (κ3) is 15.6. The summed E-state index contributed by atoms with van der Waals surface area (Å²) < 4.78 is 2.03. The lowest BCUT2D eigenvalue weighted by Gasteiger charge is -2.34. The molecule has 2 unspecified atom stereocenters. The van der Waals surface area contributed by atoms with Crippen LogP contribution >= 0.6 is 0 Å². The molecule has 0 aromatic heterocycles. The van der Waals surface area contributed by atoms with Crippen LogP contribution in [0.1, 0.15) is 133 Å². The molecule has 0 saturated heterocycles. The van der Waals surface area contributed by atoms with E-state index < -0.39 is 23.4 Å². The first-order valence-electron chi connectivity index (χ1n) is 28.7. The molecule has 2 aliphatic rings. The molecule has 2 atom stereocenters. The molecular formula is C68H80N6O6. The van der Waals surface area contributed by atoms with Crippen LogP contribution in [0, 0.1) is 39.5 Å². The minimum atomic E-state index is -0.565. The smallest absolute Gasteiger partial charge is 0.224 e. The molecule has 0 heterocycles. The molecule has 12 nitrogen and oxygen atoms in total. The summed E-state index contributed by atoms with van der Waals surface area (Å²) in [4.78, 5) is 71.2. The van der Waals surface area contributed by atoms with E-state index in [-0.39, 0.29) is 71.2 Å². The molecule has 0 fully saturated rings. The van der Waals surface area contributed by atoms with Gasteiger partial charge in [-0.3, -0.25) is 24.0 Å². The van der Waals surface area contributed by atoms with Crippen molar-refractivity contribution in [1.29, 1.82) is 0 Å². The second kappa shape index (κ2) is 28.7. The molecule has 2 aliphatic carbocycles. The maximum Gasteiger partial charge on any atom is 0.224 e. The maximum absolute atomic E-state index is 14.9. The van der Waals surface area contributed by atoms with Crippen molar-refractivity contribution < 1.29 is 29.1 Å². The van der Waals surface area contributed by atoms with E-state index in [2.05, 4.69) is 49.0 Å². The third-order valence-corrected chi connectivity index (χ3v) is 15.1. The van der Waals surface area contributed by atoms with Gasteiger partial charge < -0.3 is 31.3 Å². The zero-order chi connectivity index (χ0) is 57.3. The molecule has 0 aliphatic heterocycles. The Hall–Kier alpha value is -8.12. The van der Waals surface area contributed by atoms with Gasteiger partial charge in [0.25, 0.3) is 0 Å². The number of unbranched alkanes of at least 4 members (excludes halogenated alkanes) is 2. The van der Waals surface area contributed by atoms with Gasteiger partial charge in [0.05, 0.1) is 11.4 Å². The van der Waals surface area contributed by atoms with Crippen molar-refractivity contribution in [1.82, 2.24) is 20.5 Å². The number of carbonyl (C=O) groups excluding carboxylic acids is 5. The molecule has 0 bridgehead atoms. The molecule has 4 amide bonds. The molecule has 0 spiro atoms. The zero-order valence-corrected chi connectivity index (χ0v) is 48.1. The SMILES string of the molecule is CCCCC(CC)CNC(=O)CCC(=O)NC1=CC(=[N+](c2ccc(C)cc2)c2ccc(C)cc2)C=CC1=C1C(=O)C(c2ccc(N(c3ccc(C)cc3)c3ccc(C)cc3)cc2NC(=O)CCC(=O)NCC(CC)CCCC)=C1[O-]. The van der Waals surface area contributed by atoms with Gasteiger partial charge in [-0.2, -0.15) is 4.58 Å². The van der Waals surface area contributed by atoms with E-state index in [1.807, 2.05) is 146 Å². The summed E-state index contributed by atoms with van der Waals surface area (Å²) in [5.41, 5.74) is 9.64. The van der Waals surface area contributed by atoms with Crippen LogP contribution < -0.4 is 35.8 Å². The monoisotopic (exact) mass is 1080 g/mol. The number of hydrogen-bond donors (Lipinski definition) is 4. The molecule has 0 radical (unpaired) electrons. The minimum absolute atomic E-state index is 0.0466. The number of anilines is 4. The highest BCUT2D eigenvalue weighted by molar-refractivity contribution is 6.40. The number of hydrogen-bond acceptors (Lipinski definition) is 7. The first-order chi connectivity index (χ1) is 38.6. The number of Topliss-reactive ketones (excluding diaryl/α,β-unsaturated/α-hetero) is 1. The van der Waals surface area contributed by atoms with Gasteiger partial charge in [0.2, 0.25) is 40.7 Å². The Morgan fingerprint density at radius 1 is 0.537 bits per heavy atom. The summed E-state index contributed by atoms with van der Waals surface area (Å²) >= 11 is 0. The molecule has 80 heavy (non-hydrogen) atoms. The lowest BCUT2D eigenvalue weighted by molar-refractivity contribution is -0.297. The van der Waals surface area contributed by atoms with Crippen molar-refractivity contribution in [2.24, 2.45) is 11.8 Å². The van der Waals surface area contributed by atoms with Crippen LogP contribution in [0.3, 0.4) is 0 Å². The molecule has 5 aromatic carbocycles. The van der Waals surface area contributed by atoms with E-state index in [9.17, 15) is 29.1 Å². The number of nitrogens with zero attached hydrogens (tertiary/aromatic N) is 2. The number of aryl methyl sites for hydroxylation is 4. The lowest BCUT2D eigenvalue weighted by atomic mass is 9.78. The van der Waals surface area contributed by atoms with Gasteiger partial charge in [-0.25, -0.2) is 0 Å². The third-order valence-electron chi connectivity index (χ3n) is 15.1. The number of amides is 4. The summed E-state index contributed by atoms with van der Waals surface area (Å²) in [5, 5.41) is 27.0. The number of rotatable bonds is 26. The predicted molar refractivity (Wildman–Crippen MR) is 323 cm³/mol. The van der Waals surface area contributed by atoms with Crippen molar-refractivity contribution in [3.8, 4) is 0 Å². The highest BCUT2D eigenvalue weighted by Gasteiger charge is 2.35. The van der Waals surface area contributed by atoms with Crippen LogP contribution in [-0.2, 0) is 24.0 Å². The normalized spacial score (nSPS) is 14.7. The highest BCUT2D eigenvalue weighted by atomic mass is 16.3. The molecular weight excluding hydrogens is 997 g/mol. The Labute approximate surface area is 473 Å². The molecule has 7 rings (SSSR count). The van der Waals surface area contributed by atoms with Crippen molar-refractivity contribution in [2.75, 3.05) is 23.3 Å². The average Bonchev–Trinajstić information content (AvgIpc) is 3.56. The molecule has 4 N–H and O–H groups in total. The number of carbonyl (C=O) groups is 5. The standard InChI is InChI=1S/C68H80N6O6/c1-9-13-15-49(11-3)43-69-61(75)37-39-63(77)71-59-41-55(73(51-25-17-45(5)18-26-51)52-27-19-46(6)20-28-52)33-35-57(59)65-67(79)66(68(65)80)58-36-34-56(74(53-29-21-47(7)22-30-53)54-31-23-48(8)24-32-54)42-60(58)72-64(78)40-38-62(76)70-44-50(12-4)16-14-10-2/h17-36,41-42,49-50H,9-16,37-40,43-44H2,1-8H3,(H4,69,70,71,72,75,76,77,78,79,80). The van der Waals surface area contributed by atoms with Gasteiger partial charge >= 0.3 is 0 Å². The first-order valence-corrected chi connectivity index (χ1v) is 28.7. The van der Waals surface area contributed by atoms with Crippen molar-refractivity contribution >= 4 is 74.8 Å². The van der Waals surface area contributed by atoms with E-state index in [0.29, 0.717) is 36.3 Å². The minimum Gasteiger partial charge on any atom is -0.871 e. The molecule has 12 heteroatoms. The summed E-state index contributed by atoms with van der Waals surface area (Å²) in [6, 6.07) is 37.5. The fourth-order valence-electron chi connectivity index (χ4n) is 10.00. The Bertz CT molecular complexity index is 3090. The Kier molecular flexibility index (Phi) is 21.3.